The summed E-state index contributed by atoms with van der Waals surface area (Å²) in [5, 5.41) is 10.5. The lowest BCUT2D eigenvalue weighted by atomic mass is 10.0. The number of nitrogens with zero attached hydrogens (tertiary/aromatic N) is 1. The number of carboxylic acid groups (broad SMARTS) is 1. The number of piperazine rings is 1. The molecule has 2 aromatic carbocycles. The van der Waals surface area contributed by atoms with Gasteiger partial charge in [0.15, 0.2) is 0 Å². The number of pyridine rings is 1. The van der Waals surface area contributed by atoms with E-state index >= 15 is 0 Å². The van der Waals surface area contributed by atoms with Gasteiger partial charge in [-0.2, -0.15) is 13.2 Å². The summed E-state index contributed by atoms with van der Waals surface area (Å²) in [6, 6.07) is 17.5. The number of carbonyl (C=O) groups excluding carboxylic acids is 1. The van der Waals surface area contributed by atoms with Crippen LogP contribution in [0.2, 0.25) is 0 Å². The van der Waals surface area contributed by atoms with Crippen molar-refractivity contribution in [2.24, 2.45) is 0 Å². The number of amides is 1. The lowest BCUT2D eigenvalue weighted by Crippen LogP contribution is -2.49. The van der Waals surface area contributed by atoms with Gasteiger partial charge in [0, 0.05) is 36.9 Å². The van der Waals surface area contributed by atoms with Crippen LogP contribution in [-0.4, -0.2) is 52.7 Å². The van der Waals surface area contributed by atoms with Crippen LogP contribution in [0.1, 0.15) is 27.7 Å². The van der Waals surface area contributed by atoms with Gasteiger partial charge in [0.1, 0.15) is 11.4 Å². The van der Waals surface area contributed by atoms with Crippen molar-refractivity contribution in [2.45, 2.75) is 19.1 Å². The van der Waals surface area contributed by atoms with Crippen LogP contribution >= 0.6 is 0 Å². The predicted octanol–water partition coefficient (Wildman–Crippen LogP) is 3.91. The standard InChI is InChI=1S/C23H22FN3O2.C2HF3O2/c1-15-19(16-5-3-2-4-6-16)13-20(22(28)26-15)23(29)27-12-11-25-21(14-27)17-7-9-18(24)10-8-17;3-2(4,5)1(6)7/h2-10,13,21,25H,11-12,14H2,1H3,(H,26,28);(H,6,7). The maximum Gasteiger partial charge on any atom is 0.490 e. The molecule has 1 atom stereocenters. The van der Waals surface area contributed by atoms with E-state index in [9.17, 15) is 27.2 Å². The average molecular weight is 505 g/mol. The van der Waals surface area contributed by atoms with Crippen LogP contribution in [0.25, 0.3) is 11.1 Å². The largest absolute Gasteiger partial charge is 0.490 e. The highest BCUT2D eigenvalue weighted by molar-refractivity contribution is 5.95. The zero-order chi connectivity index (χ0) is 26.5. The zero-order valence-corrected chi connectivity index (χ0v) is 19.1. The van der Waals surface area contributed by atoms with Crippen molar-refractivity contribution in [2.75, 3.05) is 19.6 Å². The normalized spacial score (nSPS) is 15.6. The smallest absolute Gasteiger partial charge is 0.475 e. The molecule has 11 heteroatoms. The molecule has 36 heavy (non-hydrogen) atoms. The summed E-state index contributed by atoms with van der Waals surface area (Å²) >= 11 is 0. The first kappa shape index (κ1) is 26.6. The number of H-pyrrole nitrogens is 1. The van der Waals surface area contributed by atoms with Gasteiger partial charge < -0.3 is 20.3 Å². The van der Waals surface area contributed by atoms with E-state index < -0.39 is 12.1 Å². The van der Waals surface area contributed by atoms with Gasteiger partial charge in [-0.1, -0.05) is 42.5 Å². The fourth-order valence-electron chi connectivity index (χ4n) is 3.72. The van der Waals surface area contributed by atoms with Gasteiger partial charge >= 0.3 is 12.1 Å². The fraction of sp³-hybridized carbons (Fsp3) is 0.240. The maximum absolute atomic E-state index is 13.2. The third-order valence-corrected chi connectivity index (χ3v) is 5.53. The third kappa shape index (κ3) is 6.57. The predicted molar refractivity (Wildman–Crippen MR) is 124 cm³/mol. The number of benzene rings is 2. The maximum atomic E-state index is 13.2. The second kappa shape index (κ2) is 11.2. The van der Waals surface area contributed by atoms with Crippen LogP contribution in [0.5, 0.6) is 0 Å². The van der Waals surface area contributed by atoms with Crippen molar-refractivity contribution in [3.8, 4) is 11.1 Å². The minimum Gasteiger partial charge on any atom is -0.475 e. The van der Waals surface area contributed by atoms with Gasteiger partial charge in [0.25, 0.3) is 11.5 Å². The molecule has 7 nitrogen and oxygen atoms in total. The van der Waals surface area contributed by atoms with Crippen molar-refractivity contribution in [1.82, 2.24) is 15.2 Å². The van der Waals surface area contributed by atoms with Crippen molar-refractivity contribution < 1.29 is 32.3 Å². The Morgan fingerprint density at radius 1 is 1.06 bits per heavy atom. The molecule has 1 aromatic heterocycles. The van der Waals surface area contributed by atoms with E-state index in [4.69, 9.17) is 9.90 Å². The summed E-state index contributed by atoms with van der Waals surface area (Å²) in [5.74, 6) is -3.35. The van der Waals surface area contributed by atoms with Gasteiger partial charge in [-0.05, 0) is 36.2 Å². The summed E-state index contributed by atoms with van der Waals surface area (Å²) in [6.07, 6.45) is -5.08. The van der Waals surface area contributed by atoms with E-state index in [1.165, 1.54) is 12.1 Å². The highest BCUT2D eigenvalue weighted by Crippen LogP contribution is 2.23. The number of rotatable bonds is 3. The molecule has 0 aliphatic carbocycles. The molecule has 0 bridgehead atoms. The van der Waals surface area contributed by atoms with Crippen LogP contribution in [0.15, 0.2) is 65.5 Å². The highest BCUT2D eigenvalue weighted by atomic mass is 19.4. The quantitative estimate of drug-likeness (QED) is 0.469. The van der Waals surface area contributed by atoms with E-state index in [2.05, 4.69) is 10.3 Å². The number of aromatic nitrogens is 1. The minimum absolute atomic E-state index is 0.105. The molecule has 1 unspecified atom stereocenters. The minimum atomic E-state index is -5.08. The fourth-order valence-corrected chi connectivity index (χ4v) is 3.72. The Hall–Kier alpha value is -3.99. The number of hydrogen-bond acceptors (Lipinski definition) is 4. The molecule has 190 valence electrons. The first-order valence-electron chi connectivity index (χ1n) is 10.8. The number of nitrogens with one attached hydrogen (secondary N) is 2. The van der Waals surface area contributed by atoms with Crippen LogP contribution in [0.3, 0.4) is 0 Å². The number of hydrogen-bond donors (Lipinski definition) is 3. The van der Waals surface area contributed by atoms with Gasteiger partial charge in [-0.15, -0.1) is 0 Å². The Labute approximate surface area is 203 Å². The Morgan fingerprint density at radius 2 is 1.67 bits per heavy atom. The SMILES string of the molecule is Cc1[nH]c(=O)c(C(=O)N2CCNC(c3ccc(F)cc3)C2)cc1-c1ccccc1.O=C(O)C(F)(F)F. The number of carboxylic acids is 1. The Bertz CT molecular complexity index is 1280. The molecule has 0 radical (unpaired) electrons. The summed E-state index contributed by atoms with van der Waals surface area (Å²) in [5.41, 5.74) is 3.16. The van der Waals surface area contributed by atoms with Crippen LogP contribution in [-0.2, 0) is 4.79 Å². The average Bonchev–Trinajstić information content (AvgIpc) is 2.84. The molecule has 1 saturated heterocycles. The molecule has 0 saturated carbocycles. The molecule has 3 N–H and O–H groups in total. The molecule has 4 rings (SSSR count). The van der Waals surface area contributed by atoms with Gasteiger partial charge in [0.2, 0.25) is 0 Å². The van der Waals surface area contributed by atoms with E-state index in [1.807, 2.05) is 37.3 Å². The first-order valence-corrected chi connectivity index (χ1v) is 10.8. The van der Waals surface area contributed by atoms with Crippen LogP contribution in [0.4, 0.5) is 17.6 Å². The van der Waals surface area contributed by atoms with Gasteiger partial charge in [-0.25, -0.2) is 9.18 Å². The Balaban J connectivity index is 0.000000454. The highest BCUT2D eigenvalue weighted by Gasteiger charge is 2.38. The van der Waals surface area contributed by atoms with Crippen molar-refractivity contribution in [3.63, 3.8) is 0 Å². The van der Waals surface area contributed by atoms with E-state index in [0.717, 1.165) is 22.4 Å². The van der Waals surface area contributed by atoms with Crippen molar-refractivity contribution in [1.29, 1.82) is 0 Å². The number of aryl methyl sites for hydroxylation is 1. The van der Waals surface area contributed by atoms with Crippen LogP contribution in [0, 0.1) is 12.7 Å². The molecule has 1 aliphatic rings. The molecule has 1 amide bonds. The number of halogens is 4. The second-order valence-electron chi connectivity index (χ2n) is 8.03. The molecule has 1 fully saturated rings. The lowest BCUT2D eigenvalue weighted by molar-refractivity contribution is -0.192. The second-order valence-corrected chi connectivity index (χ2v) is 8.03. The molecule has 0 spiro atoms. The summed E-state index contributed by atoms with van der Waals surface area (Å²) in [7, 11) is 0. The number of alkyl halides is 3. The number of carbonyl (C=O) groups is 2. The number of aliphatic carboxylic acids is 1. The monoisotopic (exact) mass is 505 g/mol. The summed E-state index contributed by atoms with van der Waals surface area (Å²) < 4.78 is 44.9. The molecule has 3 aromatic rings. The van der Waals surface area contributed by atoms with Gasteiger partial charge in [-0.3, -0.25) is 9.59 Å². The third-order valence-electron chi connectivity index (χ3n) is 5.53. The van der Waals surface area contributed by atoms with Crippen molar-refractivity contribution >= 4 is 11.9 Å². The Morgan fingerprint density at radius 3 is 2.25 bits per heavy atom. The van der Waals surface area contributed by atoms with E-state index in [-0.39, 0.29) is 28.9 Å². The molecular weight excluding hydrogens is 482 g/mol. The van der Waals surface area contributed by atoms with Crippen molar-refractivity contribution in [3.05, 3.63) is 93.7 Å². The first-order chi connectivity index (χ1) is 17.0. The molecule has 1 aliphatic heterocycles. The van der Waals surface area contributed by atoms with E-state index in [1.54, 1.807) is 23.1 Å². The van der Waals surface area contributed by atoms with Crippen LogP contribution < -0.4 is 10.9 Å². The summed E-state index contributed by atoms with van der Waals surface area (Å²) in [4.78, 5) is 39.1. The topological polar surface area (TPSA) is 103 Å². The molecular formula is C25H23F4N3O4. The van der Waals surface area contributed by atoms with E-state index in [0.29, 0.717) is 19.6 Å². The lowest BCUT2D eigenvalue weighted by Gasteiger charge is -2.34. The summed E-state index contributed by atoms with van der Waals surface area (Å²) in [6.45, 7) is 3.35. The number of aromatic amines is 1. The van der Waals surface area contributed by atoms with Gasteiger partial charge in [0.05, 0.1) is 0 Å². The molecule has 2 heterocycles. The zero-order valence-electron chi connectivity index (χ0n) is 19.1. The Kier molecular flexibility index (Phi) is 8.25.